The standard InChI is InChI=1S/C21H19ClN2O3S/c1-2-3-19(26)24(12-25)11-15-10-18-21(28-15)16(4-6-23-18)17-9-14(22)8-13-5-7-27-20(13)17/h4,6,8-10,12H,2-3,5,7,11H2,1H3. The van der Waals surface area contributed by atoms with E-state index >= 15 is 0 Å². The predicted molar refractivity (Wildman–Crippen MR) is 111 cm³/mol. The second-order valence-corrected chi connectivity index (χ2v) is 8.28. The van der Waals surface area contributed by atoms with E-state index in [1.165, 1.54) is 16.2 Å². The van der Waals surface area contributed by atoms with Gasteiger partial charge in [0.15, 0.2) is 0 Å². The van der Waals surface area contributed by atoms with Crippen LogP contribution >= 0.6 is 22.9 Å². The van der Waals surface area contributed by atoms with Crippen LogP contribution in [0.1, 0.15) is 30.2 Å². The van der Waals surface area contributed by atoms with Gasteiger partial charge in [0.2, 0.25) is 12.3 Å². The molecule has 2 aromatic heterocycles. The molecule has 0 unspecified atom stereocenters. The van der Waals surface area contributed by atoms with Gasteiger partial charge in [-0.25, -0.2) is 0 Å². The Labute approximate surface area is 171 Å². The summed E-state index contributed by atoms with van der Waals surface area (Å²) in [6.45, 7) is 2.83. The van der Waals surface area contributed by atoms with Gasteiger partial charge in [-0.1, -0.05) is 18.5 Å². The molecule has 1 aliphatic heterocycles. The molecule has 7 heteroatoms. The van der Waals surface area contributed by atoms with Crippen molar-refractivity contribution in [2.24, 2.45) is 0 Å². The Balaban J connectivity index is 1.75. The van der Waals surface area contributed by atoms with E-state index in [0.717, 1.165) is 44.0 Å². The molecule has 0 N–H and O–H groups in total. The van der Waals surface area contributed by atoms with Crippen molar-refractivity contribution in [1.29, 1.82) is 0 Å². The molecule has 0 saturated carbocycles. The number of imide groups is 1. The third-order valence-corrected chi connectivity index (χ3v) is 6.10. The lowest BCUT2D eigenvalue weighted by Gasteiger charge is -2.13. The van der Waals surface area contributed by atoms with E-state index < -0.39 is 0 Å². The summed E-state index contributed by atoms with van der Waals surface area (Å²) in [6, 6.07) is 7.76. The van der Waals surface area contributed by atoms with Crippen LogP contribution in [0.3, 0.4) is 0 Å². The molecule has 4 rings (SSSR count). The second kappa shape index (κ2) is 7.89. The van der Waals surface area contributed by atoms with Gasteiger partial charge in [0.25, 0.3) is 0 Å². The summed E-state index contributed by atoms with van der Waals surface area (Å²) in [5, 5.41) is 0.679. The highest BCUT2D eigenvalue weighted by Gasteiger charge is 2.21. The van der Waals surface area contributed by atoms with Gasteiger partial charge in [-0.15, -0.1) is 11.3 Å². The molecule has 1 aromatic carbocycles. The van der Waals surface area contributed by atoms with Crippen LogP contribution in [-0.4, -0.2) is 28.8 Å². The number of nitrogens with zero attached hydrogens (tertiary/aromatic N) is 2. The molecule has 0 bridgehead atoms. The maximum atomic E-state index is 12.1. The van der Waals surface area contributed by atoms with Crippen LogP contribution in [0.4, 0.5) is 0 Å². The van der Waals surface area contributed by atoms with E-state index in [1.807, 2.05) is 31.2 Å². The molecule has 0 radical (unpaired) electrons. The first-order chi connectivity index (χ1) is 13.6. The number of fused-ring (bicyclic) bond motifs is 2. The first kappa shape index (κ1) is 18.9. The Morgan fingerprint density at radius 3 is 3.00 bits per heavy atom. The Hall–Kier alpha value is -2.44. The Kier molecular flexibility index (Phi) is 5.33. The first-order valence-electron chi connectivity index (χ1n) is 9.18. The lowest BCUT2D eigenvalue weighted by Crippen LogP contribution is -2.28. The number of hydrogen-bond acceptors (Lipinski definition) is 5. The number of ether oxygens (including phenoxy) is 1. The van der Waals surface area contributed by atoms with Crippen LogP contribution in [0.2, 0.25) is 5.02 Å². The summed E-state index contributed by atoms with van der Waals surface area (Å²) < 4.78 is 6.85. The summed E-state index contributed by atoms with van der Waals surface area (Å²) in [4.78, 5) is 30.1. The summed E-state index contributed by atoms with van der Waals surface area (Å²) >= 11 is 7.87. The van der Waals surface area contributed by atoms with Crippen LogP contribution in [0.15, 0.2) is 30.5 Å². The van der Waals surface area contributed by atoms with Crippen molar-refractivity contribution in [3.63, 3.8) is 0 Å². The van der Waals surface area contributed by atoms with Crippen LogP contribution in [0.5, 0.6) is 5.75 Å². The number of carbonyl (C=O) groups is 2. The zero-order valence-electron chi connectivity index (χ0n) is 15.4. The molecule has 0 aliphatic carbocycles. The molecule has 2 amide bonds. The normalized spacial score (nSPS) is 12.6. The van der Waals surface area contributed by atoms with E-state index in [4.69, 9.17) is 16.3 Å². The van der Waals surface area contributed by atoms with Crippen molar-refractivity contribution in [2.45, 2.75) is 32.7 Å². The highest BCUT2D eigenvalue weighted by molar-refractivity contribution is 7.19. The van der Waals surface area contributed by atoms with Crippen molar-refractivity contribution in [1.82, 2.24) is 9.88 Å². The third kappa shape index (κ3) is 3.50. The molecule has 0 atom stereocenters. The number of thiophene rings is 1. The quantitative estimate of drug-likeness (QED) is 0.541. The number of pyridine rings is 1. The Morgan fingerprint density at radius 2 is 2.21 bits per heavy atom. The number of hydrogen-bond donors (Lipinski definition) is 0. The van der Waals surface area contributed by atoms with Crippen molar-refractivity contribution in [3.05, 3.63) is 45.9 Å². The number of aromatic nitrogens is 1. The minimum Gasteiger partial charge on any atom is -0.492 e. The van der Waals surface area contributed by atoms with Gasteiger partial charge in [-0.05, 0) is 36.2 Å². The molecule has 0 spiro atoms. The fraction of sp³-hybridized carbons (Fsp3) is 0.286. The fourth-order valence-corrected chi connectivity index (χ4v) is 4.84. The molecule has 3 aromatic rings. The van der Waals surface area contributed by atoms with Gasteiger partial charge in [-0.2, -0.15) is 0 Å². The van der Waals surface area contributed by atoms with E-state index in [-0.39, 0.29) is 12.5 Å². The number of amides is 2. The summed E-state index contributed by atoms with van der Waals surface area (Å²) in [7, 11) is 0. The first-order valence-corrected chi connectivity index (χ1v) is 10.4. The zero-order chi connectivity index (χ0) is 19.7. The molecule has 144 valence electrons. The smallest absolute Gasteiger partial charge is 0.229 e. The van der Waals surface area contributed by atoms with Gasteiger partial charge in [0, 0.05) is 40.1 Å². The molecule has 3 heterocycles. The molecule has 28 heavy (non-hydrogen) atoms. The largest absolute Gasteiger partial charge is 0.492 e. The van der Waals surface area contributed by atoms with Crippen LogP contribution < -0.4 is 4.74 Å². The molecule has 1 aliphatic rings. The van der Waals surface area contributed by atoms with E-state index in [1.54, 1.807) is 6.20 Å². The van der Waals surface area contributed by atoms with Crippen LogP contribution in [0, 0.1) is 0 Å². The third-order valence-electron chi connectivity index (χ3n) is 4.74. The number of rotatable bonds is 6. The number of benzene rings is 1. The van der Waals surface area contributed by atoms with Gasteiger partial charge in [0.05, 0.1) is 23.4 Å². The molecule has 0 fully saturated rings. The maximum Gasteiger partial charge on any atom is 0.229 e. The lowest BCUT2D eigenvalue weighted by atomic mass is 10.0. The van der Waals surface area contributed by atoms with Gasteiger partial charge >= 0.3 is 0 Å². The van der Waals surface area contributed by atoms with Crippen molar-refractivity contribution < 1.29 is 14.3 Å². The highest BCUT2D eigenvalue weighted by atomic mass is 35.5. The second-order valence-electron chi connectivity index (χ2n) is 6.70. The monoisotopic (exact) mass is 414 g/mol. The van der Waals surface area contributed by atoms with Crippen molar-refractivity contribution >= 4 is 45.5 Å². The minimum absolute atomic E-state index is 0.163. The van der Waals surface area contributed by atoms with Crippen LogP contribution in [-0.2, 0) is 22.6 Å². The van der Waals surface area contributed by atoms with Gasteiger partial charge in [-0.3, -0.25) is 19.5 Å². The van der Waals surface area contributed by atoms with Gasteiger partial charge < -0.3 is 4.74 Å². The number of halogens is 1. The van der Waals surface area contributed by atoms with Crippen molar-refractivity contribution in [3.8, 4) is 16.9 Å². The average Bonchev–Trinajstić information content (AvgIpc) is 3.31. The maximum absolute atomic E-state index is 12.1. The van der Waals surface area contributed by atoms with E-state index in [9.17, 15) is 9.59 Å². The summed E-state index contributed by atoms with van der Waals surface area (Å²) in [5.74, 6) is 0.712. The summed E-state index contributed by atoms with van der Waals surface area (Å²) in [6.07, 6.45) is 4.28. The van der Waals surface area contributed by atoms with Crippen molar-refractivity contribution in [2.75, 3.05) is 6.61 Å². The molecular weight excluding hydrogens is 396 g/mol. The van der Waals surface area contributed by atoms with E-state index in [2.05, 4.69) is 4.98 Å². The van der Waals surface area contributed by atoms with Gasteiger partial charge in [0.1, 0.15) is 5.75 Å². The number of carbonyl (C=O) groups excluding carboxylic acids is 2. The topological polar surface area (TPSA) is 59.5 Å². The zero-order valence-corrected chi connectivity index (χ0v) is 17.0. The lowest BCUT2D eigenvalue weighted by molar-refractivity contribution is -0.138. The van der Waals surface area contributed by atoms with Crippen LogP contribution in [0.25, 0.3) is 21.3 Å². The summed E-state index contributed by atoms with van der Waals surface area (Å²) in [5.41, 5.74) is 3.90. The fourth-order valence-electron chi connectivity index (χ4n) is 3.46. The molecule has 5 nitrogen and oxygen atoms in total. The average molecular weight is 415 g/mol. The Morgan fingerprint density at radius 1 is 1.36 bits per heavy atom. The Bertz CT molecular complexity index is 1060. The predicted octanol–water partition coefficient (Wildman–Crippen LogP) is 4.84. The highest BCUT2D eigenvalue weighted by Crippen LogP contribution is 2.43. The SMILES string of the molecule is CCCC(=O)N(C=O)Cc1cc2nccc(-c3cc(Cl)cc4c3OCC4)c2s1. The molecular formula is C21H19ClN2O3S. The minimum atomic E-state index is -0.163. The molecule has 0 saturated heterocycles. The van der Waals surface area contributed by atoms with E-state index in [0.29, 0.717) is 30.9 Å².